The Hall–Kier alpha value is -0.840. The van der Waals surface area contributed by atoms with Crippen LogP contribution in [-0.2, 0) is 4.74 Å². The Balaban J connectivity index is 2.23. The van der Waals surface area contributed by atoms with Crippen molar-refractivity contribution in [3.63, 3.8) is 0 Å². The molecule has 122 valence electrons. The van der Waals surface area contributed by atoms with Gasteiger partial charge in [-0.25, -0.2) is 0 Å². The fraction of sp³-hybridized carbons (Fsp3) is 0.611. The van der Waals surface area contributed by atoms with Gasteiger partial charge in [0.05, 0.1) is 18.8 Å². The Labute approximate surface area is 138 Å². The minimum Gasteiger partial charge on any atom is -0.379 e. The third-order valence-corrected chi connectivity index (χ3v) is 5.31. The molecule has 0 bridgehead atoms. The van der Waals surface area contributed by atoms with Gasteiger partial charge in [-0.3, -0.25) is 9.69 Å². The summed E-state index contributed by atoms with van der Waals surface area (Å²) in [6.45, 7) is 7.42. The first-order chi connectivity index (χ1) is 10.6. The van der Waals surface area contributed by atoms with Crippen LogP contribution in [-0.4, -0.2) is 48.8 Å². The minimum atomic E-state index is -0.416. The number of nitrogens with zero attached hydrogens (tertiary/aromatic N) is 1. The number of unbranched alkanes of at least 4 members (excludes halogenated alkanes) is 1. The van der Waals surface area contributed by atoms with Crippen molar-refractivity contribution in [1.82, 2.24) is 4.90 Å². The molecule has 0 radical (unpaired) electrons. The van der Waals surface area contributed by atoms with E-state index in [-0.39, 0.29) is 5.78 Å². The molecule has 2 rings (SSSR count). The normalized spacial score (nSPS) is 18.9. The summed E-state index contributed by atoms with van der Waals surface area (Å²) in [4.78, 5) is 16.7. The molecule has 22 heavy (non-hydrogen) atoms. The highest BCUT2D eigenvalue weighted by atomic mass is 32.2. The number of rotatable bonds is 7. The van der Waals surface area contributed by atoms with Crippen molar-refractivity contribution < 1.29 is 9.53 Å². The second kappa shape index (κ2) is 8.14. The van der Waals surface area contributed by atoms with Crippen molar-refractivity contribution in [3.8, 4) is 0 Å². The van der Waals surface area contributed by atoms with Gasteiger partial charge < -0.3 is 4.74 Å². The maximum atomic E-state index is 13.2. The molecule has 4 heteroatoms. The van der Waals surface area contributed by atoms with Crippen molar-refractivity contribution in [3.05, 3.63) is 29.8 Å². The Morgan fingerprint density at radius 3 is 2.45 bits per heavy atom. The quantitative estimate of drug-likeness (QED) is 0.563. The molecule has 1 heterocycles. The molecule has 0 aromatic heterocycles. The topological polar surface area (TPSA) is 29.5 Å². The maximum absolute atomic E-state index is 13.2. The lowest BCUT2D eigenvalue weighted by Crippen LogP contribution is -2.56. The first kappa shape index (κ1) is 17.5. The predicted octanol–water partition coefficient (Wildman–Crippen LogP) is 3.87. The Morgan fingerprint density at radius 2 is 1.91 bits per heavy atom. The molecular weight excluding hydrogens is 294 g/mol. The van der Waals surface area contributed by atoms with Crippen LogP contribution in [0.25, 0.3) is 0 Å². The number of benzene rings is 1. The summed E-state index contributed by atoms with van der Waals surface area (Å²) in [5.74, 6) is 0.246. The number of morpholine rings is 1. The Morgan fingerprint density at radius 1 is 1.27 bits per heavy atom. The lowest BCUT2D eigenvalue weighted by atomic mass is 9.84. The summed E-state index contributed by atoms with van der Waals surface area (Å²) in [6.07, 6.45) is 5.14. The van der Waals surface area contributed by atoms with E-state index in [1.807, 2.05) is 24.3 Å². The van der Waals surface area contributed by atoms with Gasteiger partial charge >= 0.3 is 0 Å². The number of ether oxygens (including phenoxy) is 1. The number of thioether (sulfide) groups is 1. The molecule has 0 spiro atoms. The fourth-order valence-electron chi connectivity index (χ4n) is 3.05. The summed E-state index contributed by atoms with van der Waals surface area (Å²) >= 11 is 1.70. The molecule has 0 saturated carbocycles. The van der Waals surface area contributed by atoms with Gasteiger partial charge in [-0.1, -0.05) is 31.9 Å². The molecule has 1 aromatic carbocycles. The van der Waals surface area contributed by atoms with E-state index in [2.05, 4.69) is 25.0 Å². The molecule has 0 amide bonds. The second-order valence-corrected chi connectivity index (χ2v) is 6.91. The van der Waals surface area contributed by atoms with Gasteiger partial charge in [0.2, 0.25) is 0 Å². The van der Waals surface area contributed by atoms with Crippen molar-refractivity contribution >= 4 is 17.5 Å². The highest BCUT2D eigenvalue weighted by Crippen LogP contribution is 2.28. The molecule has 1 saturated heterocycles. The van der Waals surface area contributed by atoms with Gasteiger partial charge in [-0.15, -0.1) is 11.8 Å². The Bertz CT molecular complexity index is 482. The molecule has 1 fully saturated rings. The minimum absolute atomic E-state index is 0.246. The van der Waals surface area contributed by atoms with Gasteiger partial charge in [0.15, 0.2) is 5.78 Å². The average Bonchev–Trinajstić information content (AvgIpc) is 2.60. The van der Waals surface area contributed by atoms with Crippen LogP contribution in [0.15, 0.2) is 29.2 Å². The molecule has 0 N–H and O–H groups in total. The zero-order valence-electron chi connectivity index (χ0n) is 13.9. The number of ketones is 1. The van der Waals surface area contributed by atoms with E-state index in [4.69, 9.17) is 4.74 Å². The molecule has 1 aliphatic rings. The van der Waals surface area contributed by atoms with E-state index in [1.54, 1.807) is 11.8 Å². The summed E-state index contributed by atoms with van der Waals surface area (Å²) in [7, 11) is 0. The first-order valence-electron chi connectivity index (χ1n) is 8.13. The summed E-state index contributed by atoms with van der Waals surface area (Å²) in [5.41, 5.74) is 0.406. The molecule has 1 atom stereocenters. The van der Waals surface area contributed by atoms with Crippen LogP contribution in [0.3, 0.4) is 0 Å². The SMILES string of the molecule is CCCCC(C)(C(=O)c1ccc(SC)cc1)N1CCOCC1. The molecule has 0 aliphatic carbocycles. The molecule has 1 aliphatic heterocycles. The molecule has 1 unspecified atom stereocenters. The van der Waals surface area contributed by atoms with Crippen LogP contribution in [0.2, 0.25) is 0 Å². The Kier molecular flexibility index (Phi) is 6.48. The zero-order valence-corrected chi connectivity index (χ0v) is 14.7. The number of carbonyl (C=O) groups excluding carboxylic acids is 1. The second-order valence-electron chi connectivity index (χ2n) is 6.03. The van der Waals surface area contributed by atoms with Gasteiger partial charge in [0.25, 0.3) is 0 Å². The number of Topliss-reactive ketones (excluding diaryl/α,β-unsaturated/α-hetero) is 1. The largest absolute Gasteiger partial charge is 0.379 e. The highest BCUT2D eigenvalue weighted by molar-refractivity contribution is 7.98. The van der Waals surface area contributed by atoms with Crippen LogP contribution in [0.5, 0.6) is 0 Å². The van der Waals surface area contributed by atoms with Crippen molar-refractivity contribution in [2.45, 2.75) is 43.5 Å². The first-order valence-corrected chi connectivity index (χ1v) is 9.36. The lowest BCUT2D eigenvalue weighted by molar-refractivity contribution is -0.0125. The fourth-order valence-corrected chi connectivity index (χ4v) is 3.45. The third kappa shape index (κ3) is 3.92. The number of hydrogen-bond donors (Lipinski definition) is 0. The standard InChI is InChI=1S/C18H27NO2S/c1-4-5-10-18(2,19-11-13-21-14-12-19)17(20)15-6-8-16(22-3)9-7-15/h6-9H,4-5,10-14H2,1-3H3. The number of hydrogen-bond acceptors (Lipinski definition) is 4. The van der Waals surface area contributed by atoms with Crippen LogP contribution >= 0.6 is 11.8 Å². The monoisotopic (exact) mass is 321 g/mol. The number of carbonyl (C=O) groups is 1. The van der Waals surface area contributed by atoms with E-state index in [1.165, 1.54) is 4.90 Å². The van der Waals surface area contributed by atoms with E-state index >= 15 is 0 Å². The summed E-state index contributed by atoms with van der Waals surface area (Å²) in [6, 6.07) is 8.02. The summed E-state index contributed by atoms with van der Waals surface area (Å²) in [5, 5.41) is 0. The smallest absolute Gasteiger partial charge is 0.182 e. The average molecular weight is 321 g/mol. The van der Waals surface area contributed by atoms with E-state index < -0.39 is 5.54 Å². The highest BCUT2D eigenvalue weighted by Gasteiger charge is 2.39. The van der Waals surface area contributed by atoms with Gasteiger partial charge in [-0.2, -0.15) is 0 Å². The van der Waals surface area contributed by atoms with Crippen molar-refractivity contribution in [2.75, 3.05) is 32.6 Å². The summed E-state index contributed by atoms with van der Waals surface area (Å²) < 4.78 is 5.46. The maximum Gasteiger partial charge on any atom is 0.182 e. The van der Waals surface area contributed by atoms with Gasteiger partial charge in [0.1, 0.15) is 0 Å². The van der Waals surface area contributed by atoms with Gasteiger partial charge in [-0.05, 0) is 31.7 Å². The predicted molar refractivity (Wildman–Crippen MR) is 92.9 cm³/mol. The van der Waals surface area contributed by atoms with E-state index in [0.29, 0.717) is 0 Å². The third-order valence-electron chi connectivity index (χ3n) is 4.57. The van der Waals surface area contributed by atoms with Crippen LogP contribution in [0, 0.1) is 0 Å². The van der Waals surface area contributed by atoms with Crippen LogP contribution in [0.1, 0.15) is 43.5 Å². The molecular formula is C18H27NO2S. The van der Waals surface area contributed by atoms with Crippen molar-refractivity contribution in [1.29, 1.82) is 0 Å². The van der Waals surface area contributed by atoms with Crippen LogP contribution < -0.4 is 0 Å². The van der Waals surface area contributed by atoms with E-state index in [0.717, 1.165) is 51.1 Å². The lowest BCUT2D eigenvalue weighted by Gasteiger charge is -2.42. The zero-order chi connectivity index (χ0) is 16.0. The van der Waals surface area contributed by atoms with Crippen molar-refractivity contribution in [2.24, 2.45) is 0 Å². The van der Waals surface area contributed by atoms with Crippen LogP contribution in [0.4, 0.5) is 0 Å². The van der Waals surface area contributed by atoms with E-state index in [9.17, 15) is 4.79 Å². The van der Waals surface area contributed by atoms with Gasteiger partial charge in [0, 0.05) is 23.5 Å². The molecule has 1 aromatic rings. The molecule has 3 nitrogen and oxygen atoms in total.